The van der Waals surface area contributed by atoms with Crippen LogP contribution in [-0.4, -0.2) is 39.5 Å². The van der Waals surface area contributed by atoms with Crippen molar-refractivity contribution < 1.29 is 24.0 Å². The Hall–Kier alpha value is -0.250. The third kappa shape index (κ3) is 3.15. The second kappa shape index (κ2) is 4.79. The molecule has 6 nitrogen and oxygen atoms in total. The van der Waals surface area contributed by atoms with Crippen LogP contribution in [0.1, 0.15) is 12.8 Å². The Labute approximate surface area is 100.0 Å². The minimum Gasteiger partial charge on any atom is -0.371 e. The van der Waals surface area contributed by atoms with Crippen molar-refractivity contribution in [1.82, 2.24) is 0 Å². The highest BCUT2D eigenvalue weighted by atomic mass is 31.2. The van der Waals surface area contributed by atoms with Crippen molar-refractivity contribution in [3.63, 3.8) is 0 Å². The van der Waals surface area contributed by atoms with Crippen LogP contribution >= 0.6 is 14.7 Å². The zero-order valence-corrected chi connectivity index (χ0v) is 11.5. The minimum atomic E-state index is -4.12. The fraction of sp³-hybridized carbons (Fsp3) is 0.667. The van der Waals surface area contributed by atoms with Gasteiger partial charge in [-0.15, -0.1) is 0 Å². The van der Waals surface area contributed by atoms with Gasteiger partial charge in [-0.2, -0.15) is 0 Å². The summed E-state index contributed by atoms with van der Waals surface area (Å²) in [4.78, 5) is 22.9. The summed E-state index contributed by atoms with van der Waals surface area (Å²) >= 11 is 0. The summed E-state index contributed by atoms with van der Waals surface area (Å²) in [7, 11) is -8.24. The van der Waals surface area contributed by atoms with E-state index in [9.17, 15) is 24.0 Å². The Morgan fingerprint density at radius 1 is 1.35 bits per heavy atom. The Kier molecular flexibility index (Phi) is 4.17. The van der Waals surface area contributed by atoms with Crippen molar-refractivity contribution in [2.24, 2.45) is 10.9 Å². The van der Waals surface area contributed by atoms with E-state index in [1.807, 2.05) is 0 Å². The van der Waals surface area contributed by atoms with Crippen molar-refractivity contribution >= 4 is 21.0 Å². The molecule has 3 unspecified atom stereocenters. The van der Waals surface area contributed by atoms with E-state index in [1.165, 1.54) is 6.21 Å². The minimum absolute atomic E-state index is 0.255. The number of rotatable bonds is 4. The summed E-state index contributed by atoms with van der Waals surface area (Å²) in [5.41, 5.74) is 0. The highest BCUT2D eigenvalue weighted by Crippen LogP contribution is 2.70. The Balaban J connectivity index is 3.02. The summed E-state index contributed by atoms with van der Waals surface area (Å²) in [6, 6.07) is 0. The molecule has 0 saturated heterocycles. The molecule has 0 spiro atoms. The van der Waals surface area contributed by atoms with E-state index in [-0.39, 0.29) is 12.3 Å². The van der Waals surface area contributed by atoms with Crippen molar-refractivity contribution in [2.75, 3.05) is 13.3 Å². The molecule has 0 aromatic carbocycles. The first-order valence-corrected chi connectivity index (χ1v) is 9.31. The van der Waals surface area contributed by atoms with Gasteiger partial charge >= 0.3 is 0 Å². The fourth-order valence-electron chi connectivity index (χ4n) is 1.70. The largest absolute Gasteiger partial charge is 0.371 e. The van der Waals surface area contributed by atoms with E-state index in [1.54, 1.807) is 12.3 Å². The van der Waals surface area contributed by atoms with Crippen LogP contribution in [0, 0.1) is 5.92 Å². The maximum atomic E-state index is 11.7. The van der Waals surface area contributed by atoms with Crippen LogP contribution in [0.2, 0.25) is 0 Å². The molecule has 0 bridgehead atoms. The van der Waals surface area contributed by atoms with E-state index in [4.69, 9.17) is 0 Å². The fourth-order valence-corrected chi connectivity index (χ4v) is 5.60. The first-order chi connectivity index (χ1) is 7.58. The van der Waals surface area contributed by atoms with Crippen molar-refractivity contribution in [2.45, 2.75) is 17.9 Å². The molecule has 17 heavy (non-hydrogen) atoms. The van der Waals surface area contributed by atoms with E-state index < -0.39 is 19.8 Å². The molecule has 1 aliphatic heterocycles. The Morgan fingerprint density at radius 3 is 2.24 bits per heavy atom. The lowest BCUT2D eigenvalue weighted by Crippen LogP contribution is -2.31. The summed E-state index contributed by atoms with van der Waals surface area (Å²) in [5.74, 6) is -0.314. The molecule has 3 atom stereocenters. The lowest BCUT2D eigenvalue weighted by atomic mass is 10.0. The van der Waals surface area contributed by atoms with Gasteiger partial charge in [-0.25, -0.2) is 0 Å². The first-order valence-electron chi connectivity index (χ1n) is 5.09. The van der Waals surface area contributed by atoms with Crippen molar-refractivity contribution in [1.29, 1.82) is 0 Å². The van der Waals surface area contributed by atoms with Crippen LogP contribution in [0.15, 0.2) is 17.3 Å². The van der Waals surface area contributed by atoms with Gasteiger partial charge in [0.15, 0.2) is 0 Å². The monoisotopic (exact) mass is 281 g/mol. The molecule has 1 heterocycles. The zero-order chi connectivity index (χ0) is 13.3. The molecule has 0 saturated carbocycles. The highest BCUT2D eigenvalue weighted by Gasteiger charge is 2.54. The number of nitrogens with zero attached hydrogens (tertiary/aromatic N) is 1. The second-order valence-corrected chi connectivity index (χ2v) is 9.76. The van der Waals surface area contributed by atoms with Crippen LogP contribution in [0.3, 0.4) is 0 Å². The van der Waals surface area contributed by atoms with Crippen LogP contribution < -0.4 is 0 Å². The van der Waals surface area contributed by atoms with Gasteiger partial charge in [-0.3, -0.25) is 14.1 Å². The standard InChI is InChI=1S/C9H17NO5P2/c1-16(12,13)9(11,17(2,14)15)6-8-4-3-5-10-7-8/h3,5,7-8,11H,4,6H2,1-2H3,(H,12,13)(H,14,15). The van der Waals surface area contributed by atoms with Gasteiger partial charge in [0.25, 0.3) is 0 Å². The lowest BCUT2D eigenvalue weighted by molar-refractivity contribution is 0.153. The predicted molar refractivity (Wildman–Crippen MR) is 66.8 cm³/mol. The van der Waals surface area contributed by atoms with Gasteiger partial charge in [0.2, 0.25) is 19.8 Å². The van der Waals surface area contributed by atoms with Gasteiger partial charge in [0.05, 0.1) is 0 Å². The maximum absolute atomic E-state index is 11.7. The van der Waals surface area contributed by atoms with Gasteiger partial charge < -0.3 is 14.9 Å². The van der Waals surface area contributed by atoms with E-state index >= 15 is 0 Å². The number of hydrogen-bond acceptors (Lipinski definition) is 4. The van der Waals surface area contributed by atoms with Crippen LogP contribution in [-0.2, 0) is 9.13 Å². The third-order valence-corrected chi connectivity index (χ3v) is 8.04. The van der Waals surface area contributed by atoms with Crippen molar-refractivity contribution in [3.05, 3.63) is 12.3 Å². The molecule has 0 radical (unpaired) electrons. The molecule has 8 heteroatoms. The van der Waals surface area contributed by atoms with Gasteiger partial charge in [-0.05, 0) is 6.42 Å². The van der Waals surface area contributed by atoms with E-state index in [0.717, 1.165) is 13.3 Å². The topological polar surface area (TPSA) is 107 Å². The summed E-state index contributed by atoms with van der Waals surface area (Å²) in [6.45, 7) is 1.80. The molecule has 0 amide bonds. The Bertz CT molecular complexity index is 411. The second-order valence-electron chi connectivity index (χ2n) is 4.42. The molecule has 0 aromatic rings. The van der Waals surface area contributed by atoms with Crippen LogP contribution in [0.25, 0.3) is 0 Å². The zero-order valence-electron chi connectivity index (χ0n) is 9.72. The maximum Gasteiger partial charge on any atom is 0.238 e. The smallest absolute Gasteiger partial charge is 0.238 e. The number of hydrogen-bond donors (Lipinski definition) is 3. The SMILES string of the molecule is CP(=O)(O)C(O)(CC1C=NC=CC1)P(C)(=O)O. The normalized spacial score (nSPS) is 30.3. The molecule has 0 aromatic heterocycles. The van der Waals surface area contributed by atoms with Gasteiger partial charge in [0, 0.05) is 38.1 Å². The number of allylic oxidation sites excluding steroid dienone is 1. The van der Waals surface area contributed by atoms with E-state index in [2.05, 4.69) is 4.99 Å². The van der Waals surface area contributed by atoms with Gasteiger partial charge in [0.1, 0.15) is 0 Å². The third-order valence-electron chi connectivity index (χ3n) is 2.79. The molecule has 0 aliphatic carbocycles. The molecule has 0 fully saturated rings. The predicted octanol–water partition coefficient (Wildman–Crippen LogP) is 1.43. The molecular weight excluding hydrogens is 264 g/mol. The first kappa shape index (κ1) is 14.8. The van der Waals surface area contributed by atoms with Crippen LogP contribution in [0.4, 0.5) is 0 Å². The number of aliphatic hydroxyl groups is 1. The quantitative estimate of drug-likeness (QED) is 0.676. The van der Waals surface area contributed by atoms with Gasteiger partial charge in [-0.1, -0.05) is 6.08 Å². The van der Waals surface area contributed by atoms with E-state index in [0.29, 0.717) is 6.42 Å². The summed E-state index contributed by atoms with van der Waals surface area (Å²) in [6.07, 6.45) is 5.09. The number of aliphatic imine (C=N–C) groups is 1. The average Bonchev–Trinajstić information content (AvgIpc) is 2.15. The lowest BCUT2D eigenvalue weighted by Gasteiger charge is -2.34. The summed E-state index contributed by atoms with van der Waals surface area (Å²) in [5, 5.41) is 7.65. The molecular formula is C9H17NO5P2. The molecule has 1 rings (SSSR count). The average molecular weight is 281 g/mol. The molecule has 1 aliphatic rings. The van der Waals surface area contributed by atoms with Crippen LogP contribution in [0.5, 0.6) is 0 Å². The molecule has 98 valence electrons. The highest BCUT2D eigenvalue weighted by molar-refractivity contribution is 7.76. The summed E-state index contributed by atoms with van der Waals surface area (Å²) < 4.78 is 23.3. The Morgan fingerprint density at radius 2 is 1.88 bits per heavy atom. The van der Waals surface area contributed by atoms with Crippen molar-refractivity contribution in [3.8, 4) is 0 Å². The molecule has 3 N–H and O–H groups in total.